The van der Waals surface area contributed by atoms with Crippen LogP contribution in [-0.4, -0.2) is 16.1 Å². The number of nitrogens with zero attached hydrogens (tertiary/aromatic N) is 1. The van der Waals surface area contributed by atoms with Gasteiger partial charge in [0.1, 0.15) is 5.69 Å². The first-order valence-corrected chi connectivity index (χ1v) is 5.53. The zero-order valence-electron chi connectivity index (χ0n) is 9.63. The van der Waals surface area contributed by atoms with Crippen LogP contribution < -0.4 is 0 Å². The Morgan fingerprint density at radius 2 is 2.11 bits per heavy atom. The van der Waals surface area contributed by atoms with Crippen molar-refractivity contribution in [2.45, 2.75) is 0 Å². The second kappa shape index (κ2) is 4.20. The van der Waals surface area contributed by atoms with Crippen molar-refractivity contribution in [3.05, 3.63) is 54.0 Å². The van der Waals surface area contributed by atoms with E-state index in [1.807, 2.05) is 0 Å². The maximum absolute atomic E-state index is 13.5. The van der Waals surface area contributed by atoms with Gasteiger partial charge in [-0.2, -0.15) is 0 Å². The molecule has 19 heavy (non-hydrogen) atoms. The normalized spacial score (nSPS) is 10.8. The number of aromatic nitrogens is 1. The van der Waals surface area contributed by atoms with Crippen LogP contribution in [0.1, 0.15) is 10.4 Å². The Hall–Kier alpha value is -2.69. The van der Waals surface area contributed by atoms with Gasteiger partial charge in [0, 0.05) is 11.6 Å². The third-order valence-electron chi connectivity index (χ3n) is 2.76. The molecule has 0 fully saturated rings. The van der Waals surface area contributed by atoms with Gasteiger partial charge in [0.2, 0.25) is 0 Å². The van der Waals surface area contributed by atoms with Gasteiger partial charge >= 0.3 is 5.97 Å². The highest BCUT2D eigenvalue weighted by atomic mass is 19.1. The average Bonchev–Trinajstić information content (AvgIpc) is 2.84. The highest BCUT2D eigenvalue weighted by Crippen LogP contribution is 2.28. The van der Waals surface area contributed by atoms with E-state index in [1.54, 1.807) is 18.2 Å². The van der Waals surface area contributed by atoms with Crippen LogP contribution >= 0.6 is 0 Å². The number of carbonyl (C=O) groups is 1. The molecule has 0 aliphatic carbocycles. The summed E-state index contributed by atoms with van der Waals surface area (Å²) in [7, 11) is 0. The van der Waals surface area contributed by atoms with Crippen molar-refractivity contribution in [2.24, 2.45) is 0 Å². The molecule has 0 spiro atoms. The number of benzene rings is 1. The summed E-state index contributed by atoms with van der Waals surface area (Å²) >= 11 is 0. The predicted octanol–water partition coefficient (Wildman–Crippen LogP) is 3.33. The number of para-hydroxylation sites is 1. The molecule has 3 rings (SSSR count). The molecule has 0 aliphatic rings. The van der Waals surface area contributed by atoms with Gasteiger partial charge in [0.05, 0.1) is 5.56 Å². The summed E-state index contributed by atoms with van der Waals surface area (Å²) in [5.74, 6) is -1.17. The molecule has 2 heterocycles. The number of hydrogen-bond acceptors (Lipinski definition) is 3. The molecular formula is C14H8FNO3. The summed E-state index contributed by atoms with van der Waals surface area (Å²) in [5.41, 5.74) is 0.599. The van der Waals surface area contributed by atoms with Gasteiger partial charge in [0.25, 0.3) is 0 Å². The minimum Gasteiger partial charge on any atom is -0.478 e. The fourth-order valence-electron chi connectivity index (χ4n) is 1.85. The minimum atomic E-state index is -1.05. The largest absolute Gasteiger partial charge is 0.478 e. The van der Waals surface area contributed by atoms with Gasteiger partial charge < -0.3 is 9.52 Å². The summed E-state index contributed by atoms with van der Waals surface area (Å²) in [5, 5.41) is 9.53. The topological polar surface area (TPSA) is 63.3 Å². The summed E-state index contributed by atoms with van der Waals surface area (Å²) < 4.78 is 18.9. The van der Waals surface area contributed by atoms with Crippen LogP contribution in [0.15, 0.2) is 47.0 Å². The lowest BCUT2D eigenvalue weighted by atomic mass is 10.2. The summed E-state index contributed by atoms with van der Waals surface area (Å²) in [6.07, 6.45) is 1.38. The van der Waals surface area contributed by atoms with Gasteiger partial charge in [-0.25, -0.2) is 9.18 Å². The van der Waals surface area contributed by atoms with Crippen molar-refractivity contribution < 1.29 is 18.7 Å². The Bertz CT molecular complexity index is 779. The molecule has 0 saturated carbocycles. The Kier molecular flexibility index (Phi) is 2.52. The molecule has 5 heteroatoms. The van der Waals surface area contributed by atoms with Crippen molar-refractivity contribution >= 4 is 16.9 Å². The second-order valence-corrected chi connectivity index (χ2v) is 4.00. The number of aromatic carboxylic acids is 1. The molecule has 3 aromatic rings. The van der Waals surface area contributed by atoms with Crippen molar-refractivity contribution in [1.82, 2.24) is 4.98 Å². The van der Waals surface area contributed by atoms with E-state index in [1.165, 1.54) is 24.4 Å². The maximum atomic E-state index is 13.5. The Morgan fingerprint density at radius 3 is 2.84 bits per heavy atom. The fraction of sp³-hybridized carbons (Fsp3) is 0. The first-order valence-electron chi connectivity index (χ1n) is 5.53. The third kappa shape index (κ3) is 1.95. The van der Waals surface area contributed by atoms with E-state index in [0.717, 1.165) is 0 Å². The van der Waals surface area contributed by atoms with E-state index in [9.17, 15) is 9.18 Å². The first-order chi connectivity index (χ1) is 9.15. The quantitative estimate of drug-likeness (QED) is 0.764. The van der Waals surface area contributed by atoms with Gasteiger partial charge in [-0.05, 0) is 24.3 Å². The van der Waals surface area contributed by atoms with Crippen LogP contribution in [-0.2, 0) is 0 Å². The molecule has 2 aromatic heterocycles. The summed E-state index contributed by atoms with van der Waals surface area (Å²) in [6, 6.07) is 9.00. The molecule has 0 bridgehead atoms. The van der Waals surface area contributed by atoms with Crippen molar-refractivity contribution in [1.29, 1.82) is 0 Å². The van der Waals surface area contributed by atoms with E-state index >= 15 is 0 Å². The summed E-state index contributed by atoms with van der Waals surface area (Å²) in [6.45, 7) is 0. The molecule has 0 saturated heterocycles. The van der Waals surface area contributed by atoms with Gasteiger partial charge in [-0.15, -0.1) is 0 Å². The number of carboxylic acid groups (broad SMARTS) is 1. The van der Waals surface area contributed by atoms with Crippen LogP contribution in [0, 0.1) is 5.82 Å². The molecule has 0 aliphatic heterocycles. The number of halogens is 1. The Morgan fingerprint density at radius 1 is 1.26 bits per heavy atom. The van der Waals surface area contributed by atoms with Crippen LogP contribution in [0.5, 0.6) is 0 Å². The number of rotatable bonds is 2. The predicted molar refractivity (Wildman–Crippen MR) is 66.4 cm³/mol. The summed E-state index contributed by atoms with van der Waals surface area (Å²) in [4.78, 5) is 14.9. The zero-order chi connectivity index (χ0) is 13.4. The monoisotopic (exact) mass is 257 g/mol. The van der Waals surface area contributed by atoms with Gasteiger partial charge in [-0.1, -0.05) is 12.1 Å². The third-order valence-corrected chi connectivity index (χ3v) is 2.76. The number of furan rings is 1. The molecule has 0 unspecified atom stereocenters. The maximum Gasteiger partial charge on any atom is 0.335 e. The van der Waals surface area contributed by atoms with Crippen molar-refractivity contribution in [2.75, 3.05) is 0 Å². The van der Waals surface area contributed by atoms with E-state index in [0.29, 0.717) is 16.8 Å². The zero-order valence-corrected chi connectivity index (χ0v) is 9.63. The number of hydrogen-bond donors (Lipinski definition) is 1. The standard InChI is InChI=1S/C14H8FNO3/c15-10-3-1-2-8-7-12(19-13(8)10)11-6-9(14(17)18)4-5-16-11/h1-7H,(H,17,18). The number of carboxylic acids is 1. The van der Waals surface area contributed by atoms with E-state index < -0.39 is 11.8 Å². The minimum absolute atomic E-state index is 0.103. The van der Waals surface area contributed by atoms with Crippen LogP contribution in [0.25, 0.3) is 22.4 Å². The molecule has 1 N–H and O–H groups in total. The molecule has 0 amide bonds. The van der Waals surface area contributed by atoms with Gasteiger partial charge in [0.15, 0.2) is 17.2 Å². The first kappa shape index (κ1) is 11.4. The highest BCUT2D eigenvalue weighted by molar-refractivity contribution is 5.89. The van der Waals surface area contributed by atoms with Crippen LogP contribution in [0.3, 0.4) is 0 Å². The smallest absolute Gasteiger partial charge is 0.335 e. The second-order valence-electron chi connectivity index (χ2n) is 4.00. The lowest BCUT2D eigenvalue weighted by Crippen LogP contribution is -1.96. The van der Waals surface area contributed by atoms with E-state index in [4.69, 9.17) is 9.52 Å². The highest BCUT2D eigenvalue weighted by Gasteiger charge is 2.12. The Labute approximate surface area is 107 Å². The number of pyridine rings is 1. The molecular weight excluding hydrogens is 249 g/mol. The van der Waals surface area contributed by atoms with E-state index in [-0.39, 0.29) is 11.1 Å². The average molecular weight is 257 g/mol. The Balaban J connectivity index is 2.16. The van der Waals surface area contributed by atoms with E-state index in [2.05, 4.69) is 4.98 Å². The SMILES string of the molecule is O=C(O)c1ccnc(-c2cc3cccc(F)c3o2)c1. The van der Waals surface area contributed by atoms with Gasteiger partial charge in [-0.3, -0.25) is 4.98 Å². The van der Waals surface area contributed by atoms with Crippen LogP contribution in [0.2, 0.25) is 0 Å². The molecule has 94 valence electrons. The lowest BCUT2D eigenvalue weighted by molar-refractivity contribution is 0.0697. The number of fused-ring (bicyclic) bond motifs is 1. The fourth-order valence-corrected chi connectivity index (χ4v) is 1.85. The lowest BCUT2D eigenvalue weighted by Gasteiger charge is -1.97. The molecule has 4 nitrogen and oxygen atoms in total. The molecule has 0 atom stereocenters. The molecule has 1 aromatic carbocycles. The van der Waals surface area contributed by atoms with Crippen molar-refractivity contribution in [3.8, 4) is 11.5 Å². The van der Waals surface area contributed by atoms with Crippen LogP contribution in [0.4, 0.5) is 4.39 Å². The van der Waals surface area contributed by atoms with Crippen molar-refractivity contribution in [3.63, 3.8) is 0 Å². The molecule has 0 radical (unpaired) electrons.